The average Bonchev–Trinajstić information content (AvgIpc) is 3.15. The largest absolute Gasteiger partial charge is 0.477 e. The lowest BCUT2D eigenvalue weighted by molar-refractivity contribution is -0.0276. The van der Waals surface area contributed by atoms with Crippen LogP contribution < -0.4 is 4.90 Å². The third kappa shape index (κ3) is 3.96. The number of hydrogen-bond donors (Lipinski definition) is 1. The molecular weight excluding hydrogens is 416 g/mol. The van der Waals surface area contributed by atoms with E-state index in [0.29, 0.717) is 12.3 Å². The first-order chi connectivity index (χ1) is 15.8. The zero-order chi connectivity index (χ0) is 23.2. The number of nitrogens with zero attached hydrogens (tertiary/aromatic N) is 4. The van der Waals surface area contributed by atoms with Gasteiger partial charge in [0.15, 0.2) is 11.3 Å². The van der Waals surface area contributed by atoms with Crippen LogP contribution in [0.15, 0.2) is 60.7 Å². The molecule has 0 saturated carbocycles. The molecular formula is C26H26N4O3. The summed E-state index contributed by atoms with van der Waals surface area (Å²) < 4.78 is 7.55. The Hall–Kier alpha value is -3.71. The second kappa shape index (κ2) is 8.01. The minimum absolute atomic E-state index is 0.00594. The van der Waals surface area contributed by atoms with Gasteiger partial charge in [-0.2, -0.15) is 5.10 Å². The molecule has 0 aliphatic carbocycles. The summed E-state index contributed by atoms with van der Waals surface area (Å²) in [4.78, 5) is 18.7. The van der Waals surface area contributed by atoms with E-state index < -0.39 is 5.97 Å². The second-order valence-corrected chi connectivity index (χ2v) is 8.97. The molecule has 2 aromatic carbocycles. The Bertz CT molecular complexity index is 1330. The van der Waals surface area contributed by atoms with Gasteiger partial charge in [0, 0.05) is 18.8 Å². The van der Waals surface area contributed by atoms with Crippen molar-refractivity contribution < 1.29 is 14.6 Å². The zero-order valence-corrected chi connectivity index (χ0v) is 18.9. The molecule has 1 N–H and O–H groups in total. The average molecular weight is 443 g/mol. The summed E-state index contributed by atoms with van der Waals surface area (Å²) in [6, 6.07) is 19.5. The van der Waals surface area contributed by atoms with Gasteiger partial charge in [-0.25, -0.2) is 14.5 Å². The Labute approximate surface area is 192 Å². The summed E-state index contributed by atoms with van der Waals surface area (Å²) in [5.41, 5.74) is 4.84. The van der Waals surface area contributed by atoms with Crippen molar-refractivity contribution in [2.45, 2.75) is 26.4 Å². The van der Waals surface area contributed by atoms with Gasteiger partial charge in [-0.05, 0) is 62.2 Å². The van der Waals surface area contributed by atoms with E-state index in [2.05, 4.69) is 35.9 Å². The molecule has 2 aromatic heterocycles. The smallest absolute Gasteiger partial charge is 0.354 e. The summed E-state index contributed by atoms with van der Waals surface area (Å²) in [5.74, 6) is -1.07. The summed E-state index contributed by atoms with van der Waals surface area (Å²) in [5, 5.41) is 15.3. The minimum atomic E-state index is -1.07. The van der Waals surface area contributed by atoms with E-state index in [4.69, 9.17) is 9.84 Å². The van der Waals surface area contributed by atoms with Gasteiger partial charge in [0.1, 0.15) is 0 Å². The summed E-state index contributed by atoms with van der Waals surface area (Å²) >= 11 is 0. The third-order valence-corrected chi connectivity index (χ3v) is 6.00. The fourth-order valence-corrected chi connectivity index (χ4v) is 4.46. The van der Waals surface area contributed by atoms with Crippen molar-refractivity contribution in [1.29, 1.82) is 0 Å². The third-order valence-electron chi connectivity index (χ3n) is 6.00. The number of hydrogen-bond acceptors (Lipinski definition) is 5. The van der Waals surface area contributed by atoms with Crippen LogP contribution in [0, 0.1) is 6.92 Å². The Kier molecular flexibility index (Phi) is 5.13. The molecule has 168 valence electrons. The van der Waals surface area contributed by atoms with E-state index in [-0.39, 0.29) is 11.3 Å². The molecule has 0 amide bonds. The van der Waals surface area contributed by atoms with Gasteiger partial charge in [-0.3, -0.25) is 0 Å². The Balaban J connectivity index is 1.62. The van der Waals surface area contributed by atoms with Crippen molar-refractivity contribution in [2.75, 3.05) is 24.6 Å². The quantitative estimate of drug-likeness (QED) is 0.493. The first kappa shape index (κ1) is 21.2. The number of fused-ring (bicyclic) bond motifs is 1. The molecule has 7 heteroatoms. The number of pyridine rings is 1. The number of carboxylic acids is 1. The number of carbonyl (C=O) groups is 1. The summed E-state index contributed by atoms with van der Waals surface area (Å²) in [7, 11) is 0. The molecule has 0 bridgehead atoms. The first-order valence-corrected chi connectivity index (χ1v) is 11.0. The van der Waals surface area contributed by atoms with E-state index in [9.17, 15) is 9.90 Å². The molecule has 1 aliphatic rings. The van der Waals surface area contributed by atoms with Crippen molar-refractivity contribution in [3.05, 3.63) is 72.1 Å². The number of morpholine rings is 1. The van der Waals surface area contributed by atoms with Crippen LogP contribution in [0.2, 0.25) is 0 Å². The van der Waals surface area contributed by atoms with E-state index in [1.807, 2.05) is 49.4 Å². The van der Waals surface area contributed by atoms with Crippen molar-refractivity contribution in [3.8, 4) is 16.8 Å². The second-order valence-electron chi connectivity index (χ2n) is 8.97. The van der Waals surface area contributed by atoms with Gasteiger partial charge >= 0.3 is 5.97 Å². The number of aromatic carboxylic acids is 1. The SMILES string of the molecule is Cc1nn(-c2ccccc2)c2nc(C(=O)O)cc(-c3ccc(N4CCOC(C)(C)C4)cc3)c12. The number of aromatic nitrogens is 3. The topological polar surface area (TPSA) is 80.5 Å². The molecule has 33 heavy (non-hydrogen) atoms. The number of rotatable bonds is 4. The van der Waals surface area contributed by atoms with E-state index in [0.717, 1.165) is 46.7 Å². The first-order valence-electron chi connectivity index (χ1n) is 11.0. The predicted molar refractivity (Wildman–Crippen MR) is 128 cm³/mol. The van der Waals surface area contributed by atoms with E-state index in [1.54, 1.807) is 10.7 Å². The number of carboxylic acid groups (broad SMARTS) is 1. The Morgan fingerprint density at radius 3 is 2.45 bits per heavy atom. The maximum absolute atomic E-state index is 11.9. The molecule has 0 spiro atoms. The van der Waals surface area contributed by atoms with Crippen LogP contribution in [0.3, 0.4) is 0 Å². The number of para-hydroxylation sites is 1. The van der Waals surface area contributed by atoms with E-state index in [1.165, 1.54) is 0 Å². The van der Waals surface area contributed by atoms with Crippen LogP contribution in [-0.4, -0.2) is 51.1 Å². The molecule has 0 unspecified atom stereocenters. The number of benzene rings is 2. The highest BCUT2D eigenvalue weighted by atomic mass is 16.5. The monoisotopic (exact) mass is 442 g/mol. The molecule has 1 fully saturated rings. The van der Waals surface area contributed by atoms with Crippen molar-refractivity contribution in [1.82, 2.24) is 14.8 Å². The predicted octanol–water partition coefficient (Wildman–Crippen LogP) is 4.71. The van der Waals surface area contributed by atoms with Crippen LogP contribution in [0.25, 0.3) is 27.8 Å². The minimum Gasteiger partial charge on any atom is -0.477 e. The van der Waals surface area contributed by atoms with Crippen LogP contribution in [0.1, 0.15) is 30.0 Å². The maximum atomic E-state index is 11.9. The van der Waals surface area contributed by atoms with Gasteiger partial charge in [0.2, 0.25) is 0 Å². The molecule has 0 atom stereocenters. The highest BCUT2D eigenvalue weighted by molar-refractivity contribution is 6.00. The molecule has 3 heterocycles. The van der Waals surface area contributed by atoms with Crippen LogP contribution in [0.4, 0.5) is 5.69 Å². The molecule has 5 rings (SSSR count). The molecule has 1 saturated heterocycles. The lowest BCUT2D eigenvalue weighted by Crippen LogP contribution is -2.48. The number of ether oxygens (including phenoxy) is 1. The Morgan fingerprint density at radius 1 is 1.06 bits per heavy atom. The van der Waals surface area contributed by atoms with Crippen LogP contribution >= 0.6 is 0 Å². The van der Waals surface area contributed by atoms with Crippen molar-refractivity contribution in [3.63, 3.8) is 0 Å². The van der Waals surface area contributed by atoms with Crippen molar-refractivity contribution in [2.24, 2.45) is 0 Å². The molecule has 0 radical (unpaired) electrons. The van der Waals surface area contributed by atoms with Crippen molar-refractivity contribution >= 4 is 22.7 Å². The number of aryl methyl sites for hydroxylation is 1. The fraction of sp³-hybridized carbons (Fsp3) is 0.269. The van der Waals surface area contributed by atoms with Crippen LogP contribution in [-0.2, 0) is 4.74 Å². The number of anilines is 1. The Morgan fingerprint density at radius 2 is 1.79 bits per heavy atom. The fourth-order valence-electron chi connectivity index (χ4n) is 4.46. The molecule has 7 nitrogen and oxygen atoms in total. The summed E-state index contributed by atoms with van der Waals surface area (Å²) in [6.45, 7) is 8.48. The van der Waals surface area contributed by atoms with Gasteiger partial charge in [-0.15, -0.1) is 0 Å². The highest BCUT2D eigenvalue weighted by Crippen LogP contribution is 2.34. The molecule has 4 aromatic rings. The highest BCUT2D eigenvalue weighted by Gasteiger charge is 2.27. The van der Waals surface area contributed by atoms with Gasteiger partial charge in [0.05, 0.1) is 29.0 Å². The van der Waals surface area contributed by atoms with Gasteiger partial charge < -0.3 is 14.7 Å². The van der Waals surface area contributed by atoms with Gasteiger partial charge in [0.25, 0.3) is 0 Å². The lowest BCUT2D eigenvalue weighted by atomic mass is 10.00. The lowest BCUT2D eigenvalue weighted by Gasteiger charge is -2.39. The van der Waals surface area contributed by atoms with Crippen LogP contribution in [0.5, 0.6) is 0 Å². The standard InChI is InChI=1S/C26H26N4O3/c1-17-23-21(18-9-11-19(12-10-18)29-13-14-33-26(2,3)16-29)15-22(25(31)32)27-24(23)30(28-17)20-7-5-4-6-8-20/h4-12,15H,13-14,16H2,1-3H3,(H,31,32). The summed E-state index contributed by atoms with van der Waals surface area (Å²) in [6.07, 6.45) is 0. The molecule has 1 aliphatic heterocycles. The zero-order valence-electron chi connectivity index (χ0n) is 18.9. The van der Waals surface area contributed by atoms with E-state index >= 15 is 0 Å². The maximum Gasteiger partial charge on any atom is 0.354 e. The normalized spacial score (nSPS) is 15.7. The van der Waals surface area contributed by atoms with Gasteiger partial charge in [-0.1, -0.05) is 30.3 Å².